The monoisotopic (exact) mass is 858 g/mol. The molecule has 0 aliphatic heterocycles. The molecule has 6 unspecified atom stereocenters. The van der Waals surface area contributed by atoms with Gasteiger partial charge in [-0.05, 0) is 16.7 Å². The van der Waals surface area contributed by atoms with E-state index >= 15 is 0 Å². The SMILES string of the molecule is O=P([O-])(O)OC1[C@H](OCc2ccccc2)[C@@H](OP(=O)([O-])O)C(Cc2ccccc2)(OP(=O)([O-])O)[C@@H](OP(=O)([O-])O)[C@H]1OCc1ccccc1.[Na+].[Na+].[Na+].[Na+]. The molecule has 0 radical (unpaired) electrons. The van der Waals surface area contributed by atoms with Crippen molar-refractivity contribution in [2.75, 3.05) is 0 Å². The number of hydrogen-bond acceptors (Lipinski definition) is 14. The van der Waals surface area contributed by atoms with Gasteiger partial charge in [0.25, 0.3) is 31.3 Å². The molecule has 0 heterocycles. The molecule has 4 N–H and O–H groups in total. The van der Waals surface area contributed by atoms with E-state index in [9.17, 15) is 57.4 Å². The minimum absolute atomic E-state index is 0. The summed E-state index contributed by atoms with van der Waals surface area (Å²) in [5.41, 5.74) is -2.52. The predicted octanol–water partition coefficient (Wildman–Crippen LogP) is -11.8. The second kappa shape index (κ2) is 23.7. The normalized spacial score (nSPS) is 27.0. The van der Waals surface area contributed by atoms with E-state index in [4.69, 9.17) is 27.6 Å². The van der Waals surface area contributed by atoms with E-state index < -0.39 is 87.0 Å². The molecule has 26 heteroatoms. The van der Waals surface area contributed by atoms with E-state index in [0.717, 1.165) is 0 Å². The smallest absolute Gasteiger partial charge is 0.756 e. The maximum atomic E-state index is 12.6. The predicted molar refractivity (Wildman–Crippen MR) is 158 cm³/mol. The Morgan fingerprint density at radius 1 is 0.491 bits per heavy atom. The first-order valence-corrected chi connectivity index (χ1v) is 20.0. The molecule has 270 valence electrons. The van der Waals surface area contributed by atoms with Crippen molar-refractivity contribution in [3.63, 3.8) is 0 Å². The van der Waals surface area contributed by atoms with Crippen molar-refractivity contribution >= 4 is 31.3 Å². The summed E-state index contributed by atoms with van der Waals surface area (Å²) < 4.78 is 81.1. The third-order valence-corrected chi connectivity index (χ3v) is 9.20. The molecule has 3 aromatic rings. The van der Waals surface area contributed by atoms with Crippen molar-refractivity contribution in [3.8, 4) is 0 Å². The van der Waals surface area contributed by atoms with Crippen LogP contribution in [-0.4, -0.2) is 55.7 Å². The minimum Gasteiger partial charge on any atom is -0.756 e. The standard InChI is InChI=1S/C27H34O18P4.4Na/c28-46(29,30)42-22-23(40-17-20-12-6-2-7-13-20)25(43-47(31,32)33)27(45-49(37,38)39,16-19-10-4-1-5-11-19)26(44-48(34,35)36)24(22)41-18-21-14-8-3-9-15-21;;;;/h1-15,22-26H,16-18H2,(H2,28,29,30)(H2,31,32,33)(H2,34,35,36)(H2,37,38,39);;;;/q;4*+1/p-4/t22?,23-,24-,25-,26+,27?;;;;/m0..../s1. The molecule has 1 aliphatic carbocycles. The molecule has 0 bridgehead atoms. The van der Waals surface area contributed by atoms with Gasteiger partial charge in [0.2, 0.25) is 0 Å². The van der Waals surface area contributed by atoms with Gasteiger partial charge in [-0.25, -0.2) is 0 Å². The van der Waals surface area contributed by atoms with Gasteiger partial charge in [0, 0.05) is 6.42 Å². The van der Waals surface area contributed by atoms with Gasteiger partial charge >= 0.3 is 118 Å². The van der Waals surface area contributed by atoms with Crippen LogP contribution >= 0.6 is 31.3 Å². The first kappa shape index (κ1) is 55.0. The second-order valence-corrected chi connectivity index (χ2v) is 15.3. The van der Waals surface area contributed by atoms with Crippen LogP contribution < -0.4 is 138 Å². The molecule has 1 saturated carbocycles. The molecule has 4 rings (SSSR count). The van der Waals surface area contributed by atoms with Crippen LogP contribution in [0.4, 0.5) is 0 Å². The van der Waals surface area contributed by atoms with E-state index in [1.54, 1.807) is 36.4 Å². The second-order valence-electron chi connectivity index (χ2n) is 10.7. The zero-order valence-electron chi connectivity index (χ0n) is 29.0. The Balaban J connectivity index is 0.00000676. The zero-order valence-corrected chi connectivity index (χ0v) is 40.5. The average molecular weight is 858 g/mol. The Morgan fingerprint density at radius 2 is 0.811 bits per heavy atom. The Kier molecular flexibility index (Phi) is 24.6. The minimum atomic E-state index is -6.18. The first-order chi connectivity index (χ1) is 22.7. The number of rotatable bonds is 16. The molecule has 0 spiro atoms. The number of ether oxygens (including phenoxy) is 2. The van der Waals surface area contributed by atoms with E-state index in [1.807, 2.05) is 0 Å². The van der Waals surface area contributed by atoms with Crippen molar-refractivity contribution in [2.24, 2.45) is 0 Å². The number of benzene rings is 3. The summed E-state index contributed by atoms with van der Waals surface area (Å²) in [5.74, 6) is 0. The van der Waals surface area contributed by atoms with Gasteiger partial charge in [-0.15, -0.1) is 0 Å². The molecule has 1 fully saturated rings. The fourth-order valence-corrected chi connectivity index (χ4v) is 7.89. The van der Waals surface area contributed by atoms with Crippen molar-refractivity contribution in [3.05, 3.63) is 108 Å². The van der Waals surface area contributed by atoms with Crippen molar-refractivity contribution in [1.29, 1.82) is 0 Å². The van der Waals surface area contributed by atoms with Crippen LogP contribution in [0.1, 0.15) is 16.7 Å². The summed E-state index contributed by atoms with van der Waals surface area (Å²) in [4.78, 5) is 89.5. The van der Waals surface area contributed by atoms with Crippen LogP contribution in [0.5, 0.6) is 0 Å². The molecular formula is C27H30Na4O18P4. The van der Waals surface area contributed by atoms with Crippen LogP contribution in [0.2, 0.25) is 0 Å². The average Bonchev–Trinajstić information content (AvgIpc) is 2.98. The van der Waals surface area contributed by atoms with Gasteiger partial charge in [-0.2, -0.15) is 0 Å². The van der Waals surface area contributed by atoms with Crippen LogP contribution in [-0.2, 0) is 65.5 Å². The molecule has 0 amide bonds. The summed E-state index contributed by atoms with van der Waals surface area (Å²) in [6.45, 7) is -1.11. The Bertz CT molecular complexity index is 1630. The summed E-state index contributed by atoms with van der Waals surface area (Å²) in [6, 6.07) is 22.5. The maximum Gasteiger partial charge on any atom is 1.00 e. The summed E-state index contributed by atoms with van der Waals surface area (Å²) in [7, 11) is -24.4. The Morgan fingerprint density at radius 3 is 1.11 bits per heavy atom. The van der Waals surface area contributed by atoms with Crippen LogP contribution in [0.3, 0.4) is 0 Å². The fraction of sp³-hybridized carbons (Fsp3) is 0.333. The summed E-state index contributed by atoms with van der Waals surface area (Å²) >= 11 is 0. The zero-order chi connectivity index (χ0) is 36.1. The van der Waals surface area contributed by atoms with E-state index in [1.165, 1.54) is 54.6 Å². The van der Waals surface area contributed by atoms with Crippen LogP contribution in [0.15, 0.2) is 91.0 Å². The largest absolute Gasteiger partial charge is 1.00 e. The van der Waals surface area contributed by atoms with Gasteiger partial charge in [-0.3, -0.25) is 18.3 Å². The summed E-state index contributed by atoms with van der Waals surface area (Å²) in [5, 5.41) is 0. The molecular weight excluding hydrogens is 828 g/mol. The van der Waals surface area contributed by atoms with E-state index in [2.05, 4.69) is 0 Å². The molecule has 0 saturated heterocycles. The Hall–Kier alpha value is 2.02. The number of hydrogen-bond donors (Lipinski definition) is 4. The molecule has 1 aliphatic rings. The molecule has 10 atom stereocenters. The summed E-state index contributed by atoms with van der Waals surface area (Å²) in [6.07, 6.45) is -13.4. The first-order valence-electron chi connectivity index (χ1n) is 14.0. The number of phosphoric ester groups is 4. The van der Waals surface area contributed by atoms with E-state index in [0.29, 0.717) is 11.1 Å². The van der Waals surface area contributed by atoms with E-state index in [-0.39, 0.29) is 124 Å². The molecule has 18 nitrogen and oxygen atoms in total. The van der Waals surface area contributed by atoms with Crippen molar-refractivity contribution < 1.29 is 203 Å². The van der Waals surface area contributed by atoms with Crippen LogP contribution in [0.25, 0.3) is 0 Å². The van der Waals surface area contributed by atoms with Gasteiger partial charge in [0.05, 0.1) is 13.2 Å². The third kappa shape index (κ3) is 18.0. The van der Waals surface area contributed by atoms with Gasteiger partial charge < -0.3 is 66.7 Å². The molecule has 3 aromatic carbocycles. The van der Waals surface area contributed by atoms with Gasteiger partial charge in [0.1, 0.15) is 36.1 Å². The van der Waals surface area contributed by atoms with Crippen molar-refractivity contribution in [1.82, 2.24) is 0 Å². The van der Waals surface area contributed by atoms with Gasteiger partial charge in [-0.1, -0.05) is 91.0 Å². The number of phosphoric acid groups is 4. The van der Waals surface area contributed by atoms with Crippen molar-refractivity contribution in [2.45, 2.75) is 55.8 Å². The molecule has 0 aromatic heterocycles. The molecule has 53 heavy (non-hydrogen) atoms. The topological polar surface area (TPSA) is 297 Å². The van der Waals surface area contributed by atoms with Crippen LogP contribution in [0, 0.1) is 0 Å². The quantitative estimate of drug-likeness (QED) is 0.0768. The Labute approximate surface area is 393 Å². The fourth-order valence-electron chi connectivity index (χ4n) is 5.47. The third-order valence-electron chi connectivity index (χ3n) is 7.14. The van der Waals surface area contributed by atoms with Gasteiger partial charge in [0.15, 0.2) is 0 Å². The maximum absolute atomic E-state index is 12.6.